The van der Waals surface area contributed by atoms with Crippen LogP contribution in [0.4, 0.5) is 0 Å². The van der Waals surface area contributed by atoms with Crippen LogP contribution in [0.1, 0.15) is 12.8 Å². The highest BCUT2D eigenvalue weighted by molar-refractivity contribution is 7.98. The van der Waals surface area contributed by atoms with Crippen molar-refractivity contribution in [3.63, 3.8) is 0 Å². The molecular formula is C15H26N4O9S. The first-order valence-corrected chi connectivity index (χ1v) is 9.78. The number of thioether (sulfide) groups is 1. The van der Waals surface area contributed by atoms with Crippen molar-refractivity contribution in [1.82, 2.24) is 16.0 Å². The lowest BCUT2D eigenvalue weighted by Crippen LogP contribution is -2.58. The molecule has 13 nitrogen and oxygen atoms in total. The number of carbonyl (C=O) groups is 5. The molecule has 4 unspecified atom stereocenters. The van der Waals surface area contributed by atoms with Gasteiger partial charge in [0.15, 0.2) is 0 Å². The Bertz CT molecular complexity index is 604. The average molecular weight is 438 g/mol. The maximum atomic E-state index is 12.5. The molecule has 14 heteroatoms. The number of amides is 3. The van der Waals surface area contributed by atoms with E-state index in [4.69, 9.17) is 26.2 Å². The van der Waals surface area contributed by atoms with Crippen LogP contribution in [0.3, 0.4) is 0 Å². The Morgan fingerprint density at radius 2 is 1.38 bits per heavy atom. The zero-order valence-electron chi connectivity index (χ0n) is 15.7. The molecule has 0 fully saturated rings. The second kappa shape index (κ2) is 13.7. The third-order valence-electron chi connectivity index (χ3n) is 3.59. The first-order valence-electron chi connectivity index (χ1n) is 8.39. The molecule has 0 aromatic rings. The van der Waals surface area contributed by atoms with Gasteiger partial charge in [-0.1, -0.05) is 0 Å². The molecule has 166 valence electrons. The summed E-state index contributed by atoms with van der Waals surface area (Å²) in [5.74, 6) is -5.43. The Morgan fingerprint density at radius 3 is 1.83 bits per heavy atom. The van der Waals surface area contributed by atoms with Crippen LogP contribution >= 0.6 is 11.8 Å². The van der Waals surface area contributed by atoms with E-state index in [2.05, 4.69) is 10.6 Å². The maximum absolute atomic E-state index is 12.5. The molecule has 0 radical (unpaired) electrons. The van der Waals surface area contributed by atoms with Gasteiger partial charge in [-0.3, -0.25) is 19.2 Å². The molecule has 0 saturated carbocycles. The van der Waals surface area contributed by atoms with Gasteiger partial charge in [-0.05, 0) is 18.4 Å². The summed E-state index contributed by atoms with van der Waals surface area (Å²) in [5, 5.41) is 42.1. The van der Waals surface area contributed by atoms with E-state index in [1.807, 2.05) is 5.32 Å². The van der Waals surface area contributed by atoms with Gasteiger partial charge < -0.3 is 42.1 Å². The predicted molar refractivity (Wildman–Crippen MR) is 101 cm³/mol. The van der Waals surface area contributed by atoms with E-state index >= 15 is 0 Å². The van der Waals surface area contributed by atoms with Crippen LogP contribution in [0, 0.1) is 0 Å². The summed E-state index contributed by atoms with van der Waals surface area (Å²) < 4.78 is 0. The number of nitrogens with two attached hydrogens (primary N) is 1. The fourth-order valence-electron chi connectivity index (χ4n) is 1.98. The number of hydrogen-bond donors (Lipinski definition) is 8. The van der Waals surface area contributed by atoms with Crippen molar-refractivity contribution in [2.24, 2.45) is 5.73 Å². The van der Waals surface area contributed by atoms with Crippen LogP contribution in [0.2, 0.25) is 0 Å². The molecule has 0 aromatic carbocycles. The maximum Gasteiger partial charge on any atom is 0.328 e. The third-order valence-corrected chi connectivity index (χ3v) is 4.23. The highest BCUT2D eigenvalue weighted by atomic mass is 32.2. The zero-order chi connectivity index (χ0) is 22.6. The number of carboxylic acid groups (broad SMARTS) is 2. The molecule has 0 aliphatic rings. The summed E-state index contributed by atoms with van der Waals surface area (Å²) in [5.41, 5.74) is 5.39. The van der Waals surface area contributed by atoms with Gasteiger partial charge >= 0.3 is 11.9 Å². The largest absolute Gasteiger partial charge is 0.481 e. The van der Waals surface area contributed by atoms with E-state index in [1.54, 1.807) is 6.26 Å². The van der Waals surface area contributed by atoms with Crippen LogP contribution in [0.15, 0.2) is 0 Å². The normalized spacial score (nSPS) is 14.8. The van der Waals surface area contributed by atoms with Crippen molar-refractivity contribution in [2.45, 2.75) is 37.0 Å². The van der Waals surface area contributed by atoms with Crippen molar-refractivity contribution in [3.05, 3.63) is 0 Å². The second-order valence-electron chi connectivity index (χ2n) is 5.87. The minimum atomic E-state index is -1.69. The molecule has 0 heterocycles. The molecule has 0 aliphatic heterocycles. The smallest absolute Gasteiger partial charge is 0.328 e. The topological polar surface area (TPSA) is 228 Å². The number of aliphatic hydroxyl groups is 2. The van der Waals surface area contributed by atoms with Crippen molar-refractivity contribution < 1.29 is 44.4 Å². The summed E-state index contributed by atoms with van der Waals surface area (Å²) in [6, 6.07) is -5.80. The molecule has 0 spiro atoms. The zero-order valence-corrected chi connectivity index (χ0v) is 16.5. The van der Waals surface area contributed by atoms with Crippen molar-refractivity contribution in [2.75, 3.05) is 25.2 Å². The monoisotopic (exact) mass is 438 g/mol. The number of hydrogen-bond acceptors (Lipinski definition) is 9. The number of nitrogens with one attached hydrogen (secondary N) is 3. The Kier molecular flexibility index (Phi) is 12.6. The van der Waals surface area contributed by atoms with Crippen LogP contribution in [-0.2, 0) is 24.0 Å². The van der Waals surface area contributed by atoms with Gasteiger partial charge in [-0.15, -0.1) is 0 Å². The average Bonchev–Trinajstić information content (AvgIpc) is 2.66. The van der Waals surface area contributed by atoms with Crippen molar-refractivity contribution in [1.29, 1.82) is 0 Å². The molecule has 29 heavy (non-hydrogen) atoms. The minimum absolute atomic E-state index is 0.118. The second-order valence-corrected chi connectivity index (χ2v) is 6.86. The summed E-state index contributed by atoms with van der Waals surface area (Å²) in [6.07, 6.45) is 0.999. The number of aliphatic hydroxyl groups excluding tert-OH is 2. The van der Waals surface area contributed by atoms with Gasteiger partial charge in [0.1, 0.15) is 24.2 Å². The predicted octanol–water partition coefficient (Wildman–Crippen LogP) is -3.93. The number of rotatable bonds is 14. The van der Waals surface area contributed by atoms with Gasteiger partial charge in [0, 0.05) is 0 Å². The van der Waals surface area contributed by atoms with E-state index in [1.165, 1.54) is 11.8 Å². The first kappa shape index (κ1) is 26.6. The Morgan fingerprint density at radius 1 is 0.862 bits per heavy atom. The van der Waals surface area contributed by atoms with Crippen LogP contribution in [0.25, 0.3) is 0 Å². The van der Waals surface area contributed by atoms with E-state index in [0.717, 1.165) is 0 Å². The Hall–Kier alpha value is -2.42. The van der Waals surface area contributed by atoms with E-state index < -0.39 is 73.5 Å². The number of aliphatic carboxylic acids is 2. The molecule has 3 amide bonds. The van der Waals surface area contributed by atoms with Gasteiger partial charge in [-0.2, -0.15) is 11.8 Å². The molecule has 0 rings (SSSR count). The lowest BCUT2D eigenvalue weighted by atomic mass is 10.1. The summed E-state index contributed by atoms with van der Waals surface area (Å²) in [6.45, 7) is -1.61. The third kappa shape index (κ3) is 10.1. The minimum Gasteiger partial charge on any atom is -0.481 e. The van der Waals surface area contributed by atoms with E-state index in [-0.39, 0.29) is 6.42 Å². The van der Waals surface area contributed by atoms with Crippen molar-refractivity contribution in [3.8, 4) is 0 Å². The molecule has 4 atom stereocenters. The number of carboxylic acids is 2. The quantitative estimate of drug-likeness (QED) is 0.130. The van der Waals surface area contributed by atoms with Crippen LogP contribution < -0.4 is 21.7 Å². The Labute approximate surface area is 170 Å². The van der Waals surface area contributed by atoms with E-state index in [0.29, 0.717) is 5.75 Å². The SMILES string of the molecule is CSCCC(NC(=O)C(N)CO)C(=O)NC(CC(=O)O)C(=O)NC(CO)C(=O)O. The van der Waals surface area contributed by atoms with Gasteiger partial charge in [0.2, 0.25) is 17.7 Å². The molecule has 0 bridgehead atoms. The summed E-state index contributed by atoms with van der Waals surface area (Å²) in [7, 11) is 0. The lowest BCUT2D eigenvalue weighted by molar-refractivity contribution is -0.144. The highest BCUT2D eigenvalue weighted by Gasteiger charge is 2.31. The summed E-state index contributed by atoms with van der Waals surface area (Å²) >= 11 is 1.36. The number of carbonyl (C=O) groups excluding carboxylic acids is 3. The van der Waals surface area contributed by atoms with Crippen LogP contribution in [-0.4, -0.2) is 99.5 Å². The Balaban J connectivity index is 5.34. The van der Waals surface area contributed by atoms with E-state index in [9.17, 15) is 24.0 Å². The fraction of sp³-hybridized carbons (Fsp3) is 0.667. The molecule has 0 aliphatic carbocycles. The van der Waals surface area contributed by atoms with Crippen LogP contribution in [0.5, 0.6) is 0 Å². The molecular weight excluding hydrogens is 412 g/mol. The molecule has 0 aromatic heterocycles. The first-order chi connectivity index (χ1) is 13.6. The molecule has 0 saturated heterocycles. The van der Waals surface area contributed by atoms with Crippen molar-refractivity contribution >= 4 is 41.4 Å². The highest BCUT2D eigenvalue weighted by Crippen LogP contribution is 2.04. The summed E-state index contributed by atoms with van der Waals surface area (Å²) in [4.78, 5) is 58.5. The lowest BCUT2D eigenvalue weighted by Gasteiger charge is -2.24. The standard InChI is InChI=1S/C15H26N4O9S/c1-29-3-2-8(17-12(24)7(16)5-20)13(25)18-9(4-11(22)23)14(26)19-10(6-21)15(27)28/h7-10,20-21H,2-6,16H2,1H3,(H,17,24)(H,18,25)(H,19,26)(H,22,23)(H,27,28). The fourth-order valence-corrected chi connectivity index (χ4v) is 2.45. The van der Waals surface area contributed by atoms with Gasteiger partial charge in [0.25, 0.3) is 0 Å². The van der Waals surface area contributed by atoms with Gasteiger partial charge in [0.05, 0.1) is 19.6 Å². The molecule has 9 N–H and O–H groups in total. The van der Waals surface area contributed by atoms with Gasteiger partial charge in [-0.25, -0.2) is 4.79 Å².